The van der Waals surface area contributed by atoms with Crippen molar-refractivity contribution in [3.8, 4) is 5.69 Å². The van der Waals surface area contributed by atoms with Gasteiger partial charge in [-0.05, 0) is 31.0 Å². The Morgan fingerprint density at radius 3 is 2.90 bits per heavy atom. The minimum atomic E-state index is -0.0706. The van der Waals surface area contributed by atoms with Crippen LogP contribution in [0.1, 0.15) is 19.3 Å². The molecule has 0 aliphatic heterocycles. The Hall–Kier alpha value is -1.59. The Bertz CT molecular complexity index is 572. The number of rotatable bonds is 6. The lowest BCUT2D eigenvalue weighted by atomic mass is 10.2. The molecule has 1 aromatic heterocycles. The molecule has 1 N–H and O–H groups in total. The van der Waals surface area contributed by atoms with Gasteiger partial charge in [0.25, 0.3) is 0 Å². The summed E-state index contributed by atoms with van der Waals surface area (Å²) < 4.78 is 1.57. The van der Waals surface area contributed by atoms with Gasteiger partial charge < -0.3 is 5.32 Å². The summed E-state index contributed by atoms with van der Waals surface area (Å²) in [6, 6.07) is 5.21. The maximum absolute atomic E-state index is 11.9. The highest BCUT2D eigenvalue weighted by molar-refractivity contribution is 6.31. The molecule has 2 aromatic rings. The first-order valence-electron chi connectivity index (χ1n) is 6.21. The topological polar surface area (TPSA) is 59.8 Å². The van der Waals surface area contributed by atoms with E-state index in [-0.39, 0.29) is 5.91 Å². The molecular formula is C13H14Cl2N4O. The molecule has 0 saturated carbocycles. The SMILES string of the molecule is O=C(CCCCCl)Nc1cc(Cl)ccc1-n1cncn1. The van der Waals surface area contributed by atoms with Gasteiger partial charge in [0.2, 0.25) is 5.91 Å². The Morgan fingerprint density at radius 1 is 1.35 bits per heavy atom. The Labute approximate surface area is 126 Å². The Morgan fingerprint density at radius 2 is 2.20 bits per heavy atom. The standard InChI is InChI=1S/C13H14Cl2N4O/c14-6-2-1-3-13(20)18-11-7-10(15)4-5-12(11)19-9-16-8-17-19/h4-5,7-9H,1-3,6H2,(H,18,20). The molecule has 0 saturated heterocycles. The van der Waals surface area contributed by atoms with Crippen molar-refractivity contribution < 1.29 is 4.79 Å². The van der Waals surface area contributed by atoms with Crippen LogP contribution in [0.4, 0.5) is 5.69 Å². The molecule has 2 rings (SSSR count). The fourth-order valence-electron chi connectivity index (χ4n) is 1.73. The average Bonchev–Trinajstić information content (AvgIpc) is 2.93. The Balaban J connectivity index is 2.14. The molecule has 20 heavy (non-hydrogen) atoms. The van der Waals surface area contributed by atoms with Gasteiger partial charge in [0.15, 0.2) is 0 Å². The number of anilines is 1. The molecule has 0 atom stereocenters. The van der Waals surface area contributed by atoms with Crippen LogP contribution >= 0.6 is 23.2 Å². The van der Waals surface area contributed by atoms with Crippen LogP contribution in [-0.2, 0) is 4.79 Å². The van der Waals surface area contributed by atoms with E-state index in [4.69, 9.17) is 23.2 Å². The number of halogens is 2. The van der Waals surface area contributed by atoms with Crippen LogP contribution in [0, 0.1) is 0 Å². The first-order chi connectivity index (χ1) is 9.70. The molecule has 0 unspecified atom stereocenters. The average molecular weight is 313 g/mol. The lowest BCUT2D eigenvalue weighted by Crippen LogP contribution is -2.13. The van der Waals surface area contributed by atoms with Gasteiger partial charge >= 0.3 is 0 Å². The minimum Gasteiger partial charge on any atom is -0.324 e. The van der Waals surface area contributed by atoms with E-state index < -0.39 is 0 Å². The minimum absolute atomic E-state index is 0.0706. The second-order valence-electron chi connectivity index (χ2n) is 4.20. The van der Waals surface area contributed by atoms with Crippen molar-refractivity contribution in [2.45, 2.75) is 19.3 Å². The smallest absolute Gasteiger partial charge is 0.224 e. The molecule has 7 heteroatoms. The second-order valence-corrected chi connectivity index (χ2v) is 5.01. The van der Waals surface area contributed by atoms with E-state index in [9.17, 15) is 4.79 Å². The number of nitrogens with one attached hydrogen (secondary N) is 1. The summed E-state index contributed by atoms with van der Waals surface area (Å²) in [5.41, 5.74) is 1.33. The van der Waals surface area contributed by atoms with Gasteiger partial charge in [-0.1, -0.05) is 11.6 Å². The van der Waals surface area contributed by atoms with Crippen molar-refractivity contribution in [1.82, 2.24) is 14.8 Å². The van der Waals surface area contributed by atoms with Crippen LogP contribution in [0.2, 0.25) is 5.02 Å². The molecule has 5 nitrogen and oxygen atoms in total. The third-order valence-electron chi connectivity index (χ3n) is 2.69. The van der Waals surface area contributed by atoms with Gasteiger partial charge in [0, 0.05) is 17.3 Å². The molecule has 0 spiro atoms. The van der Waals surface area contributed by atoms with Crippen LogP contribution in [-0.4, -0.2) is 26.6 Å². The van der Waals surface area contributed by atoms with Gasteiger partial charge in [-0.3, -0.25) is 4.79 Å². The third-order valence-corrected chi connectivity index (χ3v) is 3.19. The summed E-state index contributed by atoms with van der Waals surface area (Å²) >= 11 is 11.6. The summed E-state index contributed by atoms with van der Waals surface area (Å²) in [6.07, 6.45) is 5.00. The number of nitrogens with zero attached hydrogens (tertiary/aromatic N) is 3. The van der Waals surface area contributed by atoms with Crippen LogP contribution in [0.5, 0.6) is 0 Å². The predicted octanol–water partition coefficient (Wildman–Crippen LogP) is 3.27. The Kier molecular flexibility index (Phi) is 5.38. The van der Waals surface area contributed by atoms with Crippen molar-refractivity contribution in [1.29, 1.82) is 0 Å². The fourth-order valence-corrected chi connectivity index (χ4v) is 2.09. The molecular weight excluding hydrogens is 299 g/mol. The van der Waals surface area contributed by atoms with Gasteiger partial charge in [0.1, 0.15) is 12.7 Å². The van der Waals surface area contributed by atoms with Gasteiger partial charge in [-0.15, -0.1) is 11.6 Å². The predicted molar refractivity (Wildman–Crippen MR) is 79.6 cm³/mol. The zero-order chi connectivity index (χ0) is 14.4. The van der Waals surface area contributed by atoms with E-state index in [1.807, 2.05) is 0 Å². The van der Waals surface area contributed by atoms with E-state index in [1.54, 1.807) is 29.2 Å². The van der Waals surface area contributed by atoms with E-state index in [0.29, 0.717) is 23.0 Å². The highest BCUT2D eigenvalue weighted by Gasteiger charge is 2.09. The largest absolute Gasteiger partial charge is 0.324 e. The quantitative estimate of drug-likeness (QED) is 0.658. The van der Waals surface area contributed by atoms with Crippen LogP contribution in [0.15, 0.2) is 30.9 Å². The van der Waals surface area contributed by atoms with Crippen molar-refractivity contribution in [3.63, 3.8) is 0 Å². The molecule has 106 valence electrons. The number of alkyl halides is 1. The van der Waals surface area contributed by atoms with Crippen molar-refractivity contribution >= 4 is 34.8 Å². The number of carbonyl (C=O) groups excluding carboxylic acids is 1. The zero-order valence-electron chi connectivity index (χ0n) is 10.7. The zero-order valence-corrected chi connectivity index (χ0v) is 12.2. The van der Waals surface area contributed by atoms with Crippen molar-refractivity contribution in [3.05, 3.63) is 35.9 Å². The summed E-state index contributed by atoms with van der Waals surface area (Å²) in [6.45, 7) is 0. The van der Waals surface area contributed by atoms with Gasteiger partial charge in [0.05, 0.1) is 11.4 Å². The summed E-state index contributed by atoms with van der Waals surface area (Å²) in [5, 5.41) is 7.44. The molecule has 0 bridgehead atoms. The highest BCUT2D eigenvalue weighted by atomic mass is 35.5. The highest BCUT2D eigenvalue weighted by Crippen LogP contribution is 2.24. The van der Waals surface area contributed by atoms with E-state index in [0.717, 1.165) is 18.5 Å². The van der Waals surface area contributed by atoms with Gasteiger partial charge in [-0.25, -0.2) is 9.67 Å². The number of hydrogen-bond donors (Lipinski definition) is 1. The van der Waals surface area contributed by atoms with Crippen LogP contribution in [0.3, 0.4) is 0 Å². The normalized spacial score (nSPS) is 10.5. The van der Waals surface area contributed by atoms with Crippen molar-refractivity contribution in [2.75, 3.05) is 11.2 Å². The van der Waals surface area contributed by atoms with Crippen LogP contribution < -0.4 is 5.32 Å². The summed E-state index contributed by atoms with van der Waals surface area (Å²) in [7, 11) is 0. The monoisotopic (exact) mass is 312 g/mol. The van der Waals surface area contributed by atoms with Crippen molar-refractivity contribution in [2.24, 2.45) is 0 Å². The number of carbonyl (C=O) groups is 1. The van der Waals surface area contributed by atoms with Crippen LogP contribution in [0.25, 0.3) is 5.69 Å². The molecule has 0 fully saturated rings. The number of benzene rings is 1. The number of aromatic nitrogens is 3. The first kappa shape index (κ1) is 14.8. The molecule has 0 aliphatic carbocycles. The molecule has 1 amide bonds. The molecule has 1 aromatic carbocycles. The van der Waals surface area contributed by atoms with E-state index >= 15 is 0 Å². The number of amides is 1. The van der Waals surface area contributed by atoms with E-state index in [2.05, 4.69) is 15.4 Å². The number of unbranched alkanes of at least 4 members (excludes halogenated alkanes) is 1. The molecule has 1 heterocycles. The maximum atomic E-state index is 11.9. The maximum Gasteiger partial charge on any atom is 0.224 e. The van der Waals surface area contributed by atoms with Gasteiger partial charge in [-0.2, -0.15) is 5.10 Å². The number of hydrogen-bond acceptors (Lipinski definition) is 3. The summed E-state index contributed by atoms with van der Waals surface area (Å²) in [4.78, 5) is 15.8. The lowest BCUT2D eigenvalue weighted by Gasteiger charge is -2.11. The van der Waals surface area contributed by atoms with E-state index in [1.165, 1.54) is 6.33 Å². The summed E-state index contributed by atoms with van der Waals surface area (Å²) in [5.74, 6) is 0.494. The third kappa shape index (κ3) is 3.95. The fraction of sp³-hybridized carbons (Fsp3) is 0.308. The lowest BCUT2D eigenvalue weighted by molar-refractivity contribution is -0.116. The second kappa shape index (κ2) is 7.26. The first-order valence-corrected chi connectivity index (χ1v) is 7.12. The molecule has 0 radical (unpaired) electrons. The molecule has 0 aliphatic rings.